The molecule has 3 rings (SSSR count). The Balaban J connectivity index is 1.90. The second-order valence-corrected chi connectivity index (χ2v) is 7.07. The first-order valence-electron chi connectivity index (χ1n) is 7.58. The summed E-state index contributed by atoms with van der Waals surface area (Å²) < 4.78 is 0. The fourth-order valence-electron chi connectivity index (χ4n) is 2.70. The molecular formula is C16H19Cl2N5O. The van der Waals surface area contributed by atoms with Gasteiger partial charge in [0.2, 0.25) is 0 Å². The van der Waals surface area contributed by atoms with Crippen LogP contribution in [0.4, 0.5) is 11.6 Å². The second-order valence-electron chi connectivity index (χ2n) is 6.28. The molecule has 0 radical (unpaired) electrons. The van der Waals surface area contributed by atoms with E-state index in [1.54, 1.807) is 24.4 Å². The number of benzene rings is 1. The minimum atomic E-state index is -0.642. The molecule has 128 valence electrons. The normalized spacial score (nSPS) is 24.2. The summed E-state index contributed by atoms with van der Waals surface area (Å²) in [7, 11) is 0. The van der Waals surface area contributed by atoms with Gasteiger partial charge >= 0.3 is 0 Å². The summed E-state index contributed by atoms with van der Waals surface area (Å²) in [6, 6.07) is 5.27. The predicted octanol–water partition coefficient (Wildman–Crippen LogP) is 2.32. The highest BCUT2D eigenvalue weighted by Crippen LogP contribution is 2.35. The Bertz CT molecular complexity index is 768. The van der Waals surface area contributed by atoms with Gasteiger partial charge in [0.15, 0.2) is 5.82 Å². The standard InChI is InChI=1S/C16H19Cl2N5O/c1-16(20)5-6-23(8-11(16)24)12-7-21-14(15(19)22-12)9-3-2-4-10(17)13(9)18/h2-4,7,11,24H,5-6,8,20H2,1H3,(H2,19,22)/t11-,16-/m0/s1. The van der Waals surface area contributed by atoms with Crippen LogP contribution in [-0.2, 0) is 0 Å². The summed E-state index contributed by atoms with van der Waals surface area (Å²) in [4.78, 5) is 10.7. The van der Waals surface area contributed by atoms with E-state index in [2.05, 4.69) is 9.97 Å². The highest BCUT2D eigenvalue weighted by atomic mass is 35.5. The number of anilines is 2. The van der Waals surface area contributed by atoms with Gasteiger partial charge in [-0.15, -0.1) is 0 Å². The van der Waals surface area contributed by atoms with Gasteiger partial charge in [0.25, 0.3) is 0 Å². The molecule has 1 aromatic carbocycles. The first kappa shape index (κ1) is 17.2. The molecule has 1 aliphatic heterocycles. The van der Waals surface area contributed by atoms with E-state index in [4.69, 9.17) is 34.7 Å². The Morgan fingerprint density at radius 2 is 2.12 bits per heavy atom. The third kappa shape index (κ3) is 3.15. The molecule has 0 aliphatic carbocycles. The first-order valence-corrected chi connectivity index (χ1v) is 8.34. The maximum absolute atomic E-state index is 10.2. The van der Waals surface area contributed by atoms with Gasteiger partial charge in [-0.1, -0.05) is 35.3 Å². The number of hydrogen-bond donors (Lipinski definition) is 3. The molecule has 1 fully saturated rings. The Hall–Kier alpha value is -1.60. The highest BCUT2D eigenvalue weighted by Gasteiger charge is 2.35. The fourth-order valence-corrected chi connectivity index (χ4v) is 3.09. The number of halogens is 2. The van der Waals surface area contributed by atoms with Crippen LogP contribution in [0.1, 0.15) is 13.3 Å². The highest BCUT2D eigenvalue weighted by molar-refractivity contribution is 6.43. The molecule has 0 bridgehead atoms. The van der Waals surface area contributed by atoms with Crippen LogP contribution in [0, 0.1) is 0 Å². The van der Waals surface area contributed by atoms with Crippen LogP contribution >= 0.6 is 23.2 Å². The van der Waals surface area contributed by atoms with Gasteiger partial charge in [0, 0.05) is 24.2 Å². The topological polar surface area (TPSA) is 101 Å². The zero-order chi connectivity index (χ0) is 17.5. The number of piperidine rings is 1. The molecule has 6 nitrogen and oxygen atoms in total. The zero-order valence-electron chi connectivity index (χ0n) is 13.2. The van der Waals surface area contributed by atoms with Gasteiger partial charge in [-0.3, -0.25) is 0 Å². The van der Waals surface area contributed by atoms with Crippen LogP contribution in [0.3, 0.4) is 0 Å². The first-order chi connectivity index (χ1) is 11.3. The van der Waals surface area contributed by atoms with Crippen molar-refractivity contribution in [3.8, 4) is 11.3 Å². The number of nitrogens with zero attached hydrogens (tertiary/aromatic N) is 3. The summed E-state index contributed by atoms with van der Waals surface area (Å²) >= 11 is 12.3. The number of aliphatic hydroxyl groups excluding tert-OH is 1. The summed E-state index contributed by atoms with van der Waals surface area (Å²) in [6.45, 7) is 2.91. The molecule has 1 aliphatic rings. The second kappa shape index (κ2) is 6.37. The van der Waals surface area contributed by atoms with Crippen LogP contribution in [-0.4, -0.2) is 39.8 Å². The molecule has 1 saturated heterocycles. The Morgan fingerprint density at radius 1 is 1.38 bits per heavy atom. The van der Waals surface area contributed by atoms with E-state index in [0.717, 1.165) is 0 Å². The quantitative estimate of drug-likeness (QED) is 0.752. The van der Waals surface area contributed by atoms with Crippen molar-refractivity contribution in [2.45, 2.75) is 25.0 Å². The van der Waals surface area contributed by atoms with Crippen molar-refractivity contribution in [1.29, 1.82) is 0 Å². The van der Waals surface area contributed by atoms with Gasteiger partial charge in [-0.05, 0) is 19.4 Å². The van der Waals surface area contributed by atoms with Crippen molar-refractivity contribution in [3.05, 3.63) is 34.4 Å². The number of nitrogens with two attached hydrogens (primary N) is 2. The molecule has 0 saturated carbocycles. The predicted molar refractivity (Wildman–Crippen MR) is 97.3 cm³/mol. The smallest absolute Gasteiger partial charge is 0.152 e. The molecule has 2 atom stereocenters. The van der Waals surface area contributed by atoms with Crippen molar-refractivity contribution in [1.82, 2.24) is 9.97 Å². The van der Waals surface area contributed by atoms with Gasteiger partial charge in [-0.25, -0.2) is 9.97 Å². The van der Waals surface area contributed by atoms with Gasteiger partial charge < -0.3 is 21.5 Å². The molecule has 0 unspecified atom stereocenters. The largest absolute Gasteiger partial charge is 0.389 e. The lowest BCUT2D eigenvalue weighted by atomic mass is 9.88. The van der Waals surface area contributed by atoms with Crippen molar-refractivity contribution < 1.29 is 5.11 Å². The number of rotatable bonds is 2. The molecular weight excluding hydrogens is 349 g/mol. The minimum absolute atomic E-state index is 0.257. The van der Waals surface area contributed by atoms with Gasteiger partial charge in [0.1, 0.15) is 11.5 Å². The van der Waals surface area contributed by atoms with E-state index in [9.17, 15) is 5.11 Å². The molecule has 2 aromatic rings. The van der Waals surface area contributed by atoms with Gasteiger partial charge in [0.05, 0.1) is 22.3 Å². The average Bonchev–Trinajstić information content (AvgIpc) is 2.53. The molecule has 1 aromatic heterocycles. The van der Waals surface area contributed by atoms with Crippen LogP contribution in [0.5, 0.6) is 0 Å². The number of aliphatic hydroxyl groups is 1. The minimum Gasteiger partial charge on any atom is -0.389 e. The van der Waals surface area contributed by atoms with Crippen LogP contribution in [0.15, 0.2) is 24.4 Å². The van der Waals surface area contributed by atoms with Crippen LogP contribution in [0.25, 0.3) is 11.3 Å². The fraction of sp³-hybridized carbons (Fsp3) is 0.375. The number of hydrogen-bond acceptors (Lipinski definition) is 6. The lowest BCUT2D eigenvalue weighted by molar-refractivity contribution is 0.0792. The van der Waals surface area contributed by atoms with E-state index in [1.165, 1.54) is 0 Å². The number of β-amino-alcohol motifs (C(OH)–C–C–N with tert-alkyl or cyclic N) is 1. The van der Waals surface area contributed by atoms with Crippen molar-refractivity contribution >= 4 is 34.8 Å². The maximum atomic E-state index is 10.2. The van der Waals surface area contributed by atoms with E-state index >= 15 is 0 Å². The summed E-state index contributed by atoms with van der Waals surface area (Å²) in [5, 5.41) is 11.0. The maximum Gasteiger partial charge on any atom is 0.152 e. The third-order valence-corrected chi connectivity index (χ3v) is 5.21. The van der Waals surface area contributed by atoms with Crippen molar-refractivity contribution in [2.24, 2.45) is 5.73 Å². The molecule has 5 N–H and O–H groups in total. The zero-order valence-corrected chi connectivity index (χ0v) is 14.7. The Kier molecular flexibility index (Phi) is 4.57. The average molecular weight is 368 g/mol. The van der Waals surface area contributed by atoms with E-state index in [0.29, 0.717) is 46.6 Å². The lowest BCUT2D eigenvalue weighted by Gasteiger charge is -2.41. The number of aromatic nitrogens is 2. The molecule has 2 heterocycles. The monoisotopic (exact) mass is 367 g/mol. The van der Waals surface area contributed by atoms with Crippen LogP contribution < -0.4 is 16.4 Å². The molecule has 24 heavy (non-hydrogen) atoms. The Labute approximate surface area is 150 Å². The third-order valence-electron chi connectivity index (χ3n) is 4.39. The molecule has 0 amide bonds. The van der Waals surface area contributed by atoms with E-state index < -0.39 is 11.6 Å². The Morgan fingerprint density at radius 3 is 2.79 bits per heavy atom. The van der Waals surface area contributed by atoms with E-state index in [-0.39, 0.29) is 5.82 Å². The summed E-state index contributed by atoms with van der Waals surface area (Å²) in [5.74, 6) is 0.858. The van der Waals surface area contributed by atoms with Crippen molar-refractivity contribution in [3.63, 3.8) is 0 Å². The molecule has 8 heteroatoms. The van der Waals surface area contributed by atoms with Gasteiger partial charge in [-0.2, -0.15) is 0 Å². The van der Waals surface area contributed by atoms with Crippen LogP contribution in [0.2, 0.25) is 10.0 Å². The molecule has 0 spiro atoms. The van der Waals surface area contributed by atoms with Crippen molar-refractivity contribution in [2.75, 3.05) is 23.7 Å². The van der Waals surface area contributed by atoms with E-state index in [1.807, 2.05) is 11.8 Å². The number of nitrogen functional groups attached to an aromatic ring is 1. The SMILES string of the molecule is C[C@]1(N)CCN(c2cnc(-c3cccc(Cl)c3Cl)c(N)n2)C[C@@H]1O. The summed E-state index contributed by atoms with van der Waals surface area (Å²) in [6.07, 6.45) is 1.63. The summed E-state index contributed by atoms with van der Waals surface area (Å²) in [5.41, 5.74) is 12.7. The lowest BCUT2D eigenvalue weighted by Crippen LogP contribution is -2.59.